The van der Waals surface area contributed by atoms with Gasteiger partial charge in [-0.15, -0.1) is 6.58 Å². The lowest BCUT2D eigenvalue weighted by Crippen LogP contribution is -2.43. The van der Waals surface area contributed by atoms with Crippen LogP contribution in [0.4, 0.5) is 0 Å². The Hall–Kier alpha value is -0.343. The van der Waals surface area contributed by atoms with Gasteiger partial charge in [-0.3, -0.25) is 0 Å². The van der Waals surface area contributed by atoms with Crippen LogP contribution in [0.5, 0.6) is 0 Å². The van der Waals surface area contributed by atoms with Crippen LogP contribution in [0.3, 0.4) is 0 Å². The zero-order chi connectivity index (χ0) is 13.5. The summed E-state index contributed by atoms with van der Waals surface area (Å²) in [5, 5.41) is 0.287. The topological polar surface area (TPSA) is 9.23 Å². The monoisotopic (exact) mass is 254 g/mol. The highest BCUT2D eigenvalue weighted by atomic mass is 28.4. The molecule has 0 aliphatic carbocycles. The van der Waals surface area contributed by atoms with Gasteiger partial charge in [-0.25, -0.2) is 0 Å². The van der Waals surface area contributed by atoms with Crippen LogP contribution in [0, 0.1) is 0 Å². The summed E-state index contributed by atoms with van der Waals surface area (Å²) in [6.45, 7) is 17.4. The number of rotatable bonds is 7. The van der Waals surface area contributed by atoms with E-state index in [2.05, 4.69) is 59.5 Å². The zero-order valence-corrected chi connectivity index (χ0v) is 13.5. The van der Waals surface area contributed by atoms with E-state index >= 15 is 0 Å². The summed E-state index contributed by atoms with van der Waals surface area (Å²) in [6.07, 6.45) is 9.86. The lowest BCUT2D eigenvalue weighted by Gasteiger charge is -2.38. The zero-order valence-electron chi connectivity index (χ0n) is 12.5. The summed E-state index contributed by atoms with van der Waals surface area (Å²) >= 11 is 0. The van der Waals surface area contributed by atoms with Gasteiger partial charge >= 0.3 is 0 Å². The first-order valence-electron chi connectivity index (χ1n) is 6.70. The Balaban J connectivity index is 4.39. The SMILES string of the molecule is C=CCC/C=C\[C@H](CC)O[Si](C)(C)C(C)(C)C. The Labute approximate surface area is 109 Å². The second-order valence-electron chi connectivity index (χ2n) is 6.12. The highest BCUT2D eigenvalue weighted by Crippen LogP contribution is 2.37. The molecule has 100 valence electrons. The fourth-order valence-corrected chi connectivity index (χ4v) is 2.63. The molecule has 2 heteroatoms. The van der Waals surface area contributed by atoms with Gasteiger partial charge in [0.15, 0.2) is 8.32 Å². The van der Waals surface area contributed by atoms with Crippen molar-refractivity contribution in [3.05, 3.63) is 24.8 Å². The average molecular weight is 254 g/mol. The normalized spacial score (nSPS) is 15.2. The lowest BCUT2D eigenvalue weighted by molar-refractivity contribution is 0.220. The molecule has 0 bridgehead atoms. The molecule has 0 radical (unpaired) electrons. The first-order chi connectivity index (χ1) is 7.74. The molecule has 0 spiro atoms. The summed E-state index contributed by atoms with van der Waals surface area (Å²) < 4.78 is 6.36. The van der Waals surface area contributed by atoms with Gasteiger partial charge in [-0.1, -0.05) is 45.9 Å². The van der Waals surface area contributed by atoms with Crippen molar-refractivity contribution in [1.82, 2.24) is 0 Å². The standard InChI is InChI=1S/C15H30OSi/c1-8-10-11-12-13-14(9-2)16-17(6,7)15(3,4)5/h8,12-14H,1,9-11H2,2-7H3/b13-12-/t14-/m0/s1. The molecule has 0 aliphatic rings. The second-order valence-corrected chi connectivity index (χ2v) is 10.9. The fraction of sp³-hybridized carbons (Fsp3) is 0.733. The molecule has 0 aromatic rings. The average Bonchev–Trinajstić information content (AvgIpc) is 2.20. The molecule has 0 aliphatic heterocycles. The maximum atomic E-state index is 6.36. The van der Waals surface area contributed by atoms with E-state index < -0.39 is 8.32 Å². The van der Waals surface area contributed by atoms with Gasteiger partial charge in [0.1, 0.15) is 0 Å². The molecule has 0 N–H and O–H groups in total. The Morgan fingerprint density at radius 2 is 1.82 bits per heavy atom. The van der Waals surface area contributed by atoms with Crippen LogP contribution in [0.15, 0.2) is 24.8 Å². The molecule has 0 heterocycles. The molecule has 0 aromatic carbocycles. The summed E-state index contributed by atoms with van der Waals surface area (Å²) in [6, 6.07) is 0. The fourth-order valence-electron chi connectivity index (χ4n) is 1.28. The third-order valence-electron chi connectivity index (χ3n) is 3.54. The second kappa shape index (κ2) is 7.17. The van der Waals surface area contributed by atoms with Gasteiger partial charge in [-0.05, 0) is 37.4 Å². The molecular formula is C15H30OSi. The molecule has 17 heavy (non-hydrogen) atoms. The highest BCUT2D eigenvalue weighted by molar-refractivity contribution is 6.74. The van der Waals surface area contributed by atoms with Crippen molar-refractivity contribution >= 4 is 8.32 Å². The molecule has 0 saturated carbocycles. The molecule has 0 fully saturated rings. The van der Waals surface area contributed by atoms with E-state index in [4.69, 9.17) is 4.43 Å². The molecule has 0 saturated heterocycles. The number of unbranched alkanes of at least 4 members (excludes halogenated alkanes) is 1. The van der Waals surface area contributed by atoms with Crippen molar-refractivity contribution in [3.8, 4) is 0 Å². The molecule has 1 atom stereocenters. The van der Waals surface area contributed by atoms with Crippen LogP contribution < -0.4 is 0 Å². The van der Waals surface area contributed by atoms with Gasteiger partial charge in [0.05, 0.1) is 6.10 Å². The number of hydrogen-bond donors (Lipinski definition) is 0. The van der Waals surface area contributed by atoms with E-state index in [0.29, 0.717) is 0 Å². The first kappa shape index (κ1) is 16.7. The van der Waals surface area contributed by atoms with Crippen molar-refractivity contribution in [3.63, 3.8) is 0 Å². The van der Waals surface area contributed by atoms with Crippen LogP contribution in [-0.2, 0) is 4.43 Å². The molecule has 0 amide bonds. The van der Waals surface area contributed by atoms with E-state index in [0.717, 1.165) is 19.3 Å². The summed E-state index contributed by atoms with van der Waals surface area (Å²) in [5.41, 5.74) is 0. The number of allylic oxidation sites excluding steroid dienone is 2. The third kappa shape index (κ3) is 6.23. The highest BCUT2D eigenvalue weighted by Gasteiger charge is 2.38. The molecule has 1 nitrogen and oxygen atoms in total. The quantitative estimate of drug-likeness (QED) is 0.340. The molecule has 0 aromatic heterocycles. The summed E-state index contributed by atoms with van der Waals surface area (Å²) in [7, 11) is -1.63. The van der Waals surface area contributed by atoms with Gasteiger partial charge in [-0.2, -0.15) is 0 Å². The van der Waals surface area contributed by atoms with E-state index in [9.17, 15) is 0 Å². The van der Waals surface area contributed by atoms with Gasteiger partial charge in [0, 0.05) is 0 Å². The maximum Gasteiger partial charge on any atom is 0.192 e. The molecule has 0 rings (SSSR count). The Morgan fingerprint density at radius 3 is 2.24 bits per heavy atom. The summed E-state index contributed by atoms with van der Waals surface area (Å²) in [4.78, 5) is 0. The predicted molar refractivity (Wildman–Crippen MR) is 80.9 cm³/mol. The first-order valence-corrected chi connectivity index (χ1v) is 9.60. The van der Waals surface area contributed by atoms with Crippen LogP contribution in [0.25, 0.3) is 0 Å². The van der Waals surface area contributed by atoms with Crippen molar-refractivity contribution in [2.75, 3.05) is 0 Å². The minimum Gasteiger partial charge on any atom is -0.411 e. The van der Waals surface area contributed by atoms with Crippen molar-refractivity contribution in [2.24, 2.45) is 0 Å². The lowest BCUT2D eigenvalue weighted by atomic mass is 10.2. The van der Waals surface area contributed by atoms with Crippen LogP contribution >= 0.6 is 0 Å². The Kier molecular flexibility index (Phi) is 7.03. The summed E-state index contributed by atoms with van der Waals surface area (Å²) in [5.74, 6) is 0. The van der Waals surface area contributed by atoms with Crippen LogP contribution in [0.2, 0.25) is 18.1 Å². The van der Waals surface area contributed by atoms with Gasteiger partial charge < -0.3 is 4.43 Å². The van der Waals surface area contributed by atoms with E-state index in [1.807, 2.05) is 6.08 Å². The minimum absolute atomic E-state index is 0.278. The van der Waals surface area contributed by atoms with Crippen molar-refractivity contribution < 1.29 is 4.43 Å². The molecular weight excluding hydrogens is 224 g/mol. The Bertz CT molecular complexity index is 248. The number of hydrogen-bond acceptors (Lipinski definition) is 1. The van der Waals surface area contributed by atoms with Crippen molar-refractivity contribution in [1.29, 1.82) is 0 Å². The largest absolute Gasteiger partial charge is 0.411 e. The van der Waals surface area contributed by atoms with E-state index in [1.165, 1.54) is 0 Å². The maximum absolute atomic E-state index is 6.36. The van der Waals surface area contributed by atoms with Gasteiger partial charge in [0.25, 0.3) is 0 Å². The smallest absolute Gasteiger partial charge is 0.192 e. The van der Waals surface area contributed by atoms with Crippen LogP contribution in [-0.4, -0.2) is 14.4 Å². The predicted octanol–water partition coefficient (Wildman–Crippen LogP) is 5.31. The van der Waals surface area contributed by atoms with E-state index in [1.54, 1.807) is 0 Å². The minimum atomic E-state index is -1.63. The Morgan fingerprint density at radius 1 is 1.24 bits per heavy atom. The van der Waals surface area contributed by atoms with Crippen LogP contribution in [0.1, 0.15) is 47.0 Å². The van der Waals surface area contributed by atoms with E-state index in [-0.39, 0.29) is 11.1 Å². The van der Waals surface area contributed by atoms with Crippen molar-refractivity contribution in [2.45, 2.75) is 71.2 Å². The third-order valence-corrected chi connectivity index (χ3v) is 8.05. The molecule has 0 unspecified atom stereocenters. The van der Waals surface area contributed by atoms with Gasteiger partial charge in [0.2, 0.25) is 0 Å².